The van der Waals surface area contributed by atoms with E-state index in [1.165, 1.54) is 37.6 Å². The Morgan fingerprint density at radius 3 is 2.48 bits per heavy atom. The van der Waals surface area contributed by atoms with E-state index in [9.17, 15) is 23.1 Å². The number of ether oxygens (including phenoxy) is 1. The molecule has 0 spiro atoms. The second kappa shape index (κ2) is 8.58. The van der Waals surface area contributed by atoms with Crippen molar-refractivity contribution in [2.24, 2.45) is 0 Å². The number of methoxy groups -OCH3 is 1. The Morgan fingerprint density at radius 1 is 1.27 bits per heavy atom. The second-order valence-corrected chi connectivity index (χ2v) is 9.39. The number of nitrogens with zero attached hydrogens (tertiary/aromatic N) is 1. The number of fused-ring (bicyclic) bond motifs is 1. The Morgan fingerprint density at radius 2 is 1.94 bits per heavy atom. The highest BCUT2D eigenvalue weighted by Crippen LogP contribution is 2.43. The highest BCUT2D eigenvalue weighted by atomic mass is 32.2. The summed E-state index contributed by atoms with van der Waals surface area (Å²) in [4.78, 5) is 24.3. The number of aromatic carboxylic acids is 1. The van der Waals surface area contributed by atoms with Gasteiger partial charge in [0.25, 0.3) is 0 Å². The van der Waals surface area contributed by atoms with E-state index in [0.29, 0.717) is 5.56 Å². The molecule has 0 atom stereocenters. The van der Waals surface area contributed by atoms with Crippen molar-refractivity contribution in [2.45, 2.75) is 23.8 Å². The number of hydrogen-bond donors (Lipinski definition) is 3. The third-order valence-electron chi connectivity index (χ3n) is 5.45. The molecule has 0 saturated heterocycles. The van der Waals surface area contributed by atoms with Gasteiger partial charge in [-0.2, -0.15) is 0 Å². The van der Waals surface area contributed by atoms with Crippen LogP contribution in [0.15, 0.2) is 46.2 Å². The maximum absolute atomic E-state index is 15.3. The largest absolute Gasteiger partial charge is 0.494 e. The maximum Gasteiger partial charge on any atom is 0.341 e. The SMILES string of the molecule is COc1c(-c2ccc(S(=O)(=O)NCCO)cc2)c(F)cc2c(=O)c(C(=O)O)cn(C3CC3)c12. The van der Waals surface area contributed by atoms with Gasteiger partial charge in [0.15, 0.2) is 5.75 Å². The molecule has 0 aliphatic heterocycles. The minimum absolute atomic E-state index is 0.0224. The highest BCUT2D eigenvalue weighted by molar-refractivity contribution is 7.89. The van der Waals surface area contributed by atoms with E-state index in [1.54, 1.807) is 4.57 Å². The van der Waals surface area contributed by atoms with Crippen LogP contribution in [0, 0.1) is 5.82 Å². The minimum Gasteiger partial charge on any atom is -0.494 e. The zero-order valence-corrected chi connectivity index (χ0v) is 18.4. The molecule has 1 aromatic heterocycles. The van der Waals surface area contributed by atoms with Gasteiger partial charge in [0.1, 0.15) is 11.4 Å². The first-order chi connectivity index (χ1) is 15.7. The van der Waals surface area contributed by atoms with E-state index in [1.807, 2.05) is 0 Å². The molecule has 1 aliphatic carbocycles. The molecular formula is C22H21FN2O7S. The Bertz CT molecular complexity index is 1410. The van der Waals surface area contributed by atoms with E-state index in [2.05, 4.69) is 4.72 Å². The molecule has 174 valence electrons. The lowest BCUT2D eigenvalue weighted by atomic mass is 10.00. The van der Waals surface area contributed by atoms with Crippen molar-refractivity contribution in [3.05, 3.63) is 58.1 Å². The predicted octanol–water partition coefficient (Wildman–Crippen LogP) is 2.12. The van der Waals surface area contributed by atoms with Gasteiger partial charge in [0, 0.05) is 18.8 Å². The van der Waals surface area contributed by atoms with Gasteiger partial charge in [-0.3, -0.25) is 4.79 Å². The maximum atomic E-state index is 15.3. The van der Waals surface area contributed by atoms with Crippen LogP contribution in [0.5, 0.6) is 5.75 Å². The minimum atomic E-state index is -3.85. The number of halogens is 1. The quantitative estimate of drug-likeness (QED) is 0.453. The molecule has 33 heavy (non-hydrogen) atoms. The average Bonchev–Trinajstić information content (AvgIpc) is 3.62. The predicted molar refractivity (Wildman–Crippen MR) is 118 cm³/mol. The summed E-state index contributed by atoms with van der Waals surface area (Å²) in [5, 5.41) is 18.2. The lowest BCUT2D eigenvalue weighted by molar-refractivity contribution is 0.0694. The van der Waals surface area contributed by atoms with Gasteiger partial charge in [-0.15, -0.1) is 0 Å². The number of carbonyl (C=O) groups is 1. The van der Waals surface area contributed by atoms with E-state index in [0.717, 1.165) is 18.9 Å². The number of carboxylic acids is 1. The number of aliphatic hydroxyl groups is 1. The summed E-state index contributed by atoms with van der Waals surface area (Å²) in [6.07, 6.45) is 2.82. The van der Waals surface area contributed by atoms with Crippen LogP contribution in [-0.4, -0.2) is 49.4 Å². The summed E-state index contributed by atoms with van der Waals surface area (Å²) < 4.78 is 49.2. The topological polar surface area (TPSA) is 135 Å². The van der Waals surface area contributed by atoms with Gasteiger partial charge in [-0.05, 0) is 36.6 Å². The molecule has 0 bridgehead atoms. The zero-order chi connectivity index (χ0) is 23.9. The average molecular weight is 476 g/mol. The van der Waals surface area contributed by atoms with E-state index in [-0.39, 0.29) is 46.3 Å². The highest BCUT2D eigenvalue weighted by Gasteiger charge is 2.30. The molecule has 0 amide bonds. The first kappa shape index (κ1) is 22.9. The van der Waals surface area contributed by atoms with Crippen LogP contribution in [0.2, 0.25) is 0 Å². The Hall–Kier alpha value is -3.28. The van der Waals surface area contributed by atoms with Crippen LogP contribution < -0.4 is 14.9 Å². The lowest BCUT2D eigenvalue weighted by Crippen LogP contribution is -2.26. The fourth-order valence-electron chi connectivity index (χ4n) is 3.78. The Balaban J connectivity index is 1.93. The molecular weight excluding hydrogens is 455 g/mol. The lowest BCUT2D eigenvalue weighted by Gasteiger charge is -2.18. The monoisotopic (exact) mass is 476 g/mol. The first-order valence-corrected chi connectivity index (χ1v) is 11.6. The van der Waals surface area contributed by atoms with Gasteiger partial charge < -0.3 is 19.5 Å². The van der Waals surface area contributed by atoms with Gasteiger partial charge in [0.2, 0.25) is 15.5 Å². The molecule has 1 aliphatic rings. The summed E-state index contributed by atoms with van der Waals surface area (Å²) in [7, 11) is -2.52. The molecule has 0 unspecified atom stereocenters. The van der Waals surface area contributed by atoms with Crippen molar-refractivity contribution in [1.82, 2.24) is 9.29 Å². The first-order valence-electron chi connectivity index (χ1n) is 10.1. The molecule has 9 nitrogen and oxygen atoms in total. The molecule has 0 radical (unpaired) electrons. The van der Waals surface area contributed by atoms with Crippen molar-refractivity contribution in [3.8, 4) is 16.9 Å². The van der Waals surface area contributed by atoms with Crippen LogP contribution in [0.25, 0.3) is 22.0 Å². The summed E-state index contributed by atoms with van der Waals surface area (Å²) in [5.41, 5.74) is -0.644. The number of aliphatic hydroxyl groups excluding tert-OH is 1. The Kier molecular flexibility index (Phi) is 5.95. The van der Waals surface area contributed by atoms with Crippen LogP contribution in [0.1, 0.15) is 29.2 Å². The smallest absolute Gasteiger partial charge is 0.341 e. The molecule has 3 aromatic rings. The molecule has 1 fully saturated rings. The number of carboxylic acid groups (broad SMARTS) is 1. The van der Waals surface area contributed by atoms with Gasteiger partial charge in [0.05, 0.1) is 35.1 Å². The van der Waals surface area contributed by atoms with Crippen molar-refractivity contribution >= 4 is 26.9 Å². The third-order valence-corrected chi connectivity index (χ3v) is 6.93. The van der Waals surface area contributed by atoms with E-state index >= 15 is 4.39 Å². The number of hydrogen-bond acceptors (Lipinski definition) is 6. The van der Waals surface area contributed by atoms with Gasteiger partial charge in [-0.1, -0.05) is 12.1 Å². The molecule has 11 heteroatoms. The van der Waals surface area contributed by atoms with Crippen molar-refractivity contribution in [2.75, 3.05) is 20.3 Å². The summed E-state index contributed by atoms with van der Waals surface area (Å²) in [5.74, 6) is -2.15. The molecule has 1 saturated carbocycles. The van der Waals surface area contributed by atoms with Crippen molar-refractivity contribution < 1.29 is 32.6 Å². The molecule has 4 rings (SSSR count). The summed E-state index contributed by atoms with van der Waals surface area (Å²) >= 11 is 0. The molecule has 1 heterocycles. The Labute approximate surface area is 188 Å². The van der Waals surface area contributed by atoms with Crippen LogP contribution in [-0.2, 0) is 10.0 Å². The van der Waals surface area contributed by atoms with Crippen molar-refractivity contribution in [1.29, 1.82) is 0 Å². The number of sulfonamides is 1. The molecule has 3 N–H and O–H groups in total. The fourth-order valence-corrected chi connectivity index (χ4v) is 4.80. The number of benzene rings is 2. The zero-order valence-electron chi connectivity index (χ0n) is 17.5. The third kappa shape index (κ3) is 4.10. The van der Waals surface area contributed by atoms with E-state index < -0.39 is 32.8 Å². The van der Waals surface area contributed by atoms with Gasteiger partial charge >= 0.3 is 5.97 Å². The van der Waals surface area contributed by atoms with Gasteiger partial charge in [-0.25, -0.2) is 22.3 Å². The number of aromatic nitrogens is 1. The summed E-state index contributed by atoms with van der Waals surface area (Å²) in [6.45, 7) is -0.503. The summed E-state index contributed by atoms with van der Waals surface area (Å²) in [6, 6.07) is 6.35. The molecule has 2 aromatic carbocycles. The van der Waals surface area contributed by atoms with Crippen LogP contribution in [0.4, 0.5) is 4.39 Å². The fraction of sp³-hybridized carbons (Fsp3) is 0.273. The normalized spacial score (nSPS) is 13.9. The second-order valence-electron chi connectivity index (χ2n) is 7.62. The van der Waals surface area contributed by atoms with Crippen LogP contribution in [0.3, 0.4) is 0 Å². The van der Waals surface area contributed by atoms with Crippen LogP contribution >= 0.6 is 0 Å². The number of pyridine rings is 1. The standard InChI is InChI=1S/C22H21FN2O7S/c1-32-21-18(12-2-6-14(7-3-12)33(30,31)24-8-9-26)17(23)10-15-19(21)25(13-4-5-13)11-16(20(15)27)22(28)29/h2-3,6-7,10-11,13,24,26H,4-5,8-9H2,1H3,(H,28,29). The number of nitrogens with one attached hydrogen (secondary N) is 1. The van der Waals surface area contributed by atoms with Crippen molar-refractivity contribution in [3.63, 3.8) is 0 Å². The van der Waals surface area contributed by atoms with E-state index in [4.69, 9.17) is 9.84 Å². The number of rotatable bonds is 8.